The summed E-state index contributed by atoms with van der Waals surface area (Å²) in [7, 11) is 0. The predicted octanol–water partition coefficient (Wildman–Crippen LogP) is 3.74. The van der Waals surface area contributed by atoms with Gasteiger partial charge in [-0.3, -0.25) is 4.98 Å². The van der Waals surface area contributed by atoms with Gasteiger partial charge < -0.3 is 10.3 Å². The fraction of sp³-hybridized carbons (Fsp3) is 0.200. The molecule has 0 amide bonds. The molecule has 1 aromatic carbocycles. The van der Waals surface area contributed by atoms with Crippen molar-refractivity contribution >= 4 is 28.3 Å². The lowest BCUT2D eigenvalue weighted by molar-refractivity contribution is 0.704. The van der Waals surface area contributed by atoms with E-state index in [4.69, 9.17) is 17.3 Å². The normalized spacial score (nSPS) is 11.1. The van der Waals surface area contributed by atoms with Crippen LogP contribution in [0.5, 0.6) is 0 Å². The Hall–Kier alpha value is -2.07. The summed E-state index contributed by atoms with van der Waals surface area (Å²) in [6, 6.07) is 7.66. The minimum Gasteiger partial charge on any atom is -0.397 e. The fourth-order valence-electron chi connectivity index (χ4n) is 2.35. The molecule has 2 heterocycles. The molecule has 0 saturated heterocycles. The number of pyridine rings is 1. The van der Waals surface area contributed by atoms with Crippen LogP contribution in [0.1, 0.15) is 13.3 Å². The molecule has 3 aromatic rings. The zero-order chi connectivity index (χ0) is 14.1. The first kappa shape index (κ1) is 12.9. The van der Waals surface area contributed by atoms with Crippen molar-refractivity contribution in [1.29, 1.82) is 0 Å². The van der Waals surface area contributed by atoms with Crippen molar-refractivity contribution in [3.63, 3.8) is 0 Å². The van der Waals surface area contributed by atoms with Crippen molar-refractivity contribution in [2.75, 3.05) is 5.73 Å². The zero-order valence-corrected chi connectivity index (χ0v) is 11.9. The number of hydrogen-bond donors (Lipinski definition) is 1. The van der Waals surface area contributed by atoms with E-state index in [0.29, 0.717) is 10.7 Å². The summed E-state index contributed by atoms with van der Waals surface area (Å²) in [5.41, 5.74) is 9.34. The monoisotopic (exact) mass is 286 g/mol. The Kier molecular flexibility index (Phi) is 3.32. The van der Waals surface area contributed by atoms with E-state index >= 15 is 0 Å². The number of nitrogens with two attached hydrogens (primary N) is 1. The first-order valence-corrected chi connectivity index (χ1v) is 6.93. The van der Waals surface area contributed by atoms with Gasteiger partial charge in [-0.2, -0.15) is 0 Å². The number of rotatable bonds is 3. The van der Waals surface area contributed by atoms with Crippen LogP contribution in [0.2, 0.25) is 5.02 Å². The number of aryl methyl sites for hydroxylation is 1. The average molecular weight is 287 g/mol. The van der Waals surface area contributed by atoms with Crippen LogP contribution in [-0.4, -0.2) is 14.5 Å². The number of fused-ring (bicyclic) bond motifs is 1. The van der Waals surface area contributed by atoms with E-state index in [-0.39, 0.29) is 0 Å². The lowest BCUT2D eigenvalue weighted by atomic mass is 10.2. The van der Waals surface area contributed by atoms with Crippen LogP contribution in [0, 0.1) is 0 Å². The van der Waals surface area contributed by atoms with Crippen LogP contribution in [-0.2, 0) is 6.54 Å². The molecule has 102 valence electrons. The molecule has 0 bridgehead atoms. The van der Waals surface area contributed by atoms with Gasteiger partial charge in [-0.25, -0.2) is 4.98 Å². The van der Waals surface area contributed by atoms with Crippen LogP contribution in [0.25, 0.3) is 22.4 Å². The third-order valence-electron chi connectivity index (χ3n) is 3.18. The molecular formula is C15H15ClN4. The van der Waals surface area contributed by atoms with Gasteiger partial charge in [-0.1, -0.05) is 18.5 Å². The van der Waals surface area contributed by atoms with E-state index in [9.17, 15) is 0 Å². The van der Waals surface area contributed by atoms with E-state index in [2.05, 4.69) is 21.5 Å². The summed E-state index contributed by atoms with van der Waals surface area (Å²) < 4.78 is 2.18. The second-order valence-corrected chi connectivity index (χ2v) is 5.16. The highest BCUT2D eigenvalue weighted by Gasteiger charge is 2.12. The Morgan fingerprint density at radius 3 is 2.85 bits per heavy atom. The van der Waals surface area contributed by atoms with Crippen molar-refractivity contribution < 1.29 is 0 Å². The number of nitrogens with zero attached hydrogens (tertiary/aromatic N) is 3. The number of halogens is 1. The van der Waals surface area contributed by atoms with E-state index in [1.807, 2.05) is 24.3 Å². The maximum absolute atomic E-state index is 6.05. The summed E-state index contributed by atoms with van der Waals surface area (Å²) in [6.07, 6.45) is 4.44. The summed E-state index contributed by atoms with van der Waals surface area (Å²) in [6.45, 7) is 3.03. The number of benzene rings is 1. The highest BCUT2D eigenvalue weighted by atomic mass is 35.5. The van der Waals surface area contributed by atoms with Crippen LogP contribution >= 0.6 is 11.6 Å². The minimum atomic E-state index is 0.635. The van der Waals surface area contributed by atoms with E-state index in [1.165, 1.54) is 0 Å². The van der Waals surface area contributed by atoms with Crippen LogP contribution in [0.15, 0.2) is 36.7 Å². The van der Waals surface area contributed by atoms with Gasteiger partial charge in [0.05, 0.1) is 16.7 Å². The van der Waals surface area contributed by atoms with E-state index in [1.54, 1.807) is 12.4 Å². The maximum atomic E-state index is 6.05. The van der Waals surface area contributed by atoms with Crippen LogP contribution in [0.4, 0.5) is 5.69 Å². The Morgan fingerprint density at radius 2 is 2.10 bits per heavy atom. The van der Waals surface area contributed by atoms with Crippen molar-refractivity contribution in [3.05, 3.63) is 41.7 Å². The Morgan fingerprint density at radius 1 is 1.25 bits per heavy atom. The zero-order valence-electron chi connectivity index (χ0n) is 11.2. The second-order valence-electron chi connectivity index (χ2n) is 4.73. The molecule has 0 unspecified atom stereocenters. The third-order valence-corrected chi connectivity index (χ3v) is 3.41. The van der Waals surface area contributed by atoms with Crippen molar-refractivity contribution in [3.8, 4) is 11.4 Å². The first-order chi connectivity index (χ1) is 9.69. The van der Waals surface area contributed by atoms with Gasteiger partial charge in [-0.15, -0.1) is 0 Å². The number of imidazole rings is 1. The van der Waals surface area contributed by atoms with Gasteiger partial charge in [-0.05, 0) is 30.7 Å². The van der Waals surface area contributed by atoms with Gasteiger partial charge in [0.2, 0.25) is 0 Å². The first-order valence-electron chi connectivity index (χ1n) is 6.55. The summed E-state index contributed by atoms with van der Waals surface area (Å²) in [5.74, 6) is 0.879. The molecule has 0 aliphatic heterocycles. The van der Waals surface area contributed by atoms with Crippen LogP contribution < -0.4 is 5.73 Å². The topological polar surface area (TPSA) is 56.7 Å². The Bertz CT molecular complexity index is 764. The molecule has 5 heteroatoms. The lowest BCUT2D eigenvalue weighted by Crippen LogP contribution is -2.00. The average Bonchev–Trinajstić information content (AvgIpc) is 2.77. The SMILES string of the molecule is CCCn1c(-c2cncc(N)c2)nc2cc(Cl)ccc21. The standard InChI is InChI=1S/C15H15ClN4/c1-2-5-20-14-4-3-11(16)7-13(14)19-15(20)10-6-12(17)9-18-8-10/h3-4,6-9H,2,5,17H2,1H3. The van der Waals surface area contributed by atoms with E-state index < -0.39 is 0 Å². The van der Waals surface area contributed by atoms with E-state index in [0.717, 1.165) is 35.4 Å². The summed E-state index contributed by atoms with van der Waals surface area (Å²) >= 11 is 6.05. The van der Waals surface area contributed by atoms with Gasteiger partial charge >= 0.3 is 0 Å². The fourth-order valence-corrected chi connectivity index (χ4v) is 2.52. The molecule has 0 radical (unpaired) electrons. The van der Waals surface area contributed by atoms with Gasteiger partial charge in [0.25, 0.3) is 0 Å². The number of hydrogen-bond acceptors (Lipinski definition) is 3. The molecule has 0 fully saturated rings. The molecular weight excluding hydrogens is 272 g/mol. The van der Waals surface area contributed by atoms with Gasteiger partial charge in [0, 0.05) is 29.5 Å². The molecule has 0 atom stereocenters. The third kappa shape index (κ3) is 2.23. The largest absolute Gasteiger partial charge is 0.397 e. The van der Waals surface area contributed by atoms with Gasteiger partial charge in [0.1, 0.15) is 5.82 Å². The molecule has 4 nitrogen and oxygen atoms in total. The molecule has 0 aliphatic carbocycles. The highest BCUT2D eigenvalue weighted by molar-refractivity contribution is 6.31. The second kappa shape index (κ2) is 5.13. The maximum Gasteiger partial charge on any atom is 0.142 e. The molecule has 2 N–H and O–H groups in total. The number of aromatic nitrogens is 3. The Labute approximate surface area is 122 Å². The number of anilines is 1. The summed E-state index contributed by atoms with van der Waals surface area (Å²) in [5, 5.41) is 0.691. The quantitative estimate of drug-likeness (QED) is 0.798. The molecule has 0 saturated carbocycles. The molecule has 0 spiro atoms. The Balaban J connectivity index is 2.25. The molecule has 3 rings (SSSR count). The highest BCUT2D eigenvalue weighted by Crippen LogP contribution is 2.27. The molecule has 2 aromatic heterocycles. The number of nitrogen functional groups attached to an aromatic ring is 1. The van der Waals surface area contributed by atoms with Crippen LogP contribution in [0.3, 0.4) is 0 Å². The molecule has 20 heavy (non-hydrogen) atoms. The van der Waals surface area contributed by atoms with Crippen molar-refractivity contribution in [2.45, 2.75) is 19.9 Å². The predicted molar refractivity (Wildman–Crippen MR) is 82.7 cm³/mol. The smallest absolute Gasteiger partial charge is 0.142 e. The van der Waals surface area contributed by atoms with Gasteiger partial charge in [0.15, 0.2) is 0 Å². The van der Waals surface area contributed by atoms with Crippen molar-refractivity contribution in [1.82, 2.24) is 14.5 Å². The molecule has 0 aliphatic rings. The lowest BCUT2D eigenvalue weighted by Gasteiger charge is -2.07. The minimum absolute atomic E-state index is 0.635. The van der Waals surface area contributed by atoms with Crippen molar-refractivity contribution in [2.24, 2.45) is 0 Å². The summed E-state index contributed by atoms with van der Waals surface area (Å²) in [4.78, 5) is 8.83.